The molecule has 1 unspecified atom stereocenters. The Bertz CT molecular complexity index is 1320. The first-order valence-electron chi connectivity index (χ1n) is 11.4. The Labute approximate surface area is 205 Å². The van der Waals surface area contributed by atoms with Gasteiger partial charge in [0.2, 0.25) is 0 Å². The Hall–Kier alpha value is -3.24. The number of para-hydroxylation sites is 1. The highest BCUT2D eigenvalue weighted by atomic mass is 35.5. The Morgan fingerprint density at radius 2 is 1.89 bits per heavy atom. The molecule has 1 atom stereocenters. The predicted molar refractivity (Wildman–Crippen MR) is 129 cm³/mol. The van der Waals surface area contributed by atoms with Crippen LogP contribution in [0.3, 0.4) is 0 Å². The van der Waals surface area contributed by atoms with Gasteiger partial charge in [0.15, 0.2) is 5.82 Å². The van der Waals surface area contributed by atoms with E-state index in [1.54, 1.807) is 6.92 Å². The lowest BCUT2D eigenvalue weighted by Gasteiger charge is -2.41. The zero-order valence-electron chi connectivity index (χ0n) is 19.6. The Balaban J connectivity index is 1.91. The van der Waals surface area contributed by atoms with Crippen molar-refractivity contribution in [3.63, 3.8) is 0 Å². The van der Waals surface area contributed by atoms with Crippen LogP contribution in [0.2, 0.25) is 5.02 Å². The van der Waals surface area contributed by atoms with Gasteiger partial charge in [-0.25, -0.2) is 13.6 Å². The van der Waals surface area contributed by atoms with Crippen LogP contribution >= 0.6 is 11.6 Å². The van der Waals surface area contributed by atoms with Crippen molar-refractivity contribution in [3.8, 4) is 5.69 Å². The lowest BCUT2D eigenvalue weighted by Crippen LogP contribution is -2.51. The molecule has 1 amide bonds. The van der Waals surface area contributed by atoms with E-state index < -0.39 is 29.8 Å². The van der Waals surface area contributed by atoms with E-state index in [1.807, 2.05) is 18.7 Å². The van der Waals surface area contributed by atoms with E-state index in [1.165, 1.54) is 33.7 Å². The van der Waals surface area contributed by atoms with Gasteiger partial charge in [0.05, 0.1) is 22.9 Å². The molecule has 2 aromatic carbocycles. The maximum absolute atomic E-state index is 15.4. The second-order valence-electron chi connectivity index (χ2n) is 8.39. The second-order valence-corrected chi connectivity index (χ2v) is 8.79. The minimum atomic E-state index is -0.853. The maximum atomic E-state index is 15.4. The first-order chi connectivity index (χ1) is 16.7. The number of hydrogen-bond donors (Lipinski definition) is 1. The molecule has 35 heavy (non-hydrogen) atoms. The van der Waals surface area contributed by atoms with Crippen molar-refractivity contribution in [2.75, 3.05) is 16.5 Å². The number of benzene rings is 2. The zero-order valence-corrected chi connectivity index (χ0v) is 20.4. The summed E-state index contributed by atoms with van der Waals surface area (Å²) in [5.41, 5.74) is -0.404. The quantitative estimate of drug-likeness (QED) is 0.523. The van der Waals surface area contributed by atoms with Crippen molar-refractivity contribution < 1.29 is 18.7 Å². The van der Waals surface area contributed by atoms with Crippen LogP contribution < -0.4 is 15.5 Å². The van der Waals surface area contributed by atoms with Gasteiger partial charge in [0.25, 0.3) is 5.91 Å². The minimum Gasteiger partial charge on any atom is -0.388 e. The van der Waals surface area contributed by atoms with Crippen LogP contribution in [0.1, 0.15) is 49.8 Å². The summed E-state index contributed by atoms with van der Waals surface area (Å²) >= 11 is 6.25. The lowest BCUT2D eigenvalue weighted by molar-refractivity contribution is 0.0980. The second kappa shape index (κ2) is 9.79. The number of aromatic nitrogens is 3. The molecule has 0 spiro atoms. The molecule has 1 aliphatic heterocycles. The molecular weight excluding hydrogens is 480 g/mol. The number of halogens is 3. The Morgan fingerprint density at radius 1 is 1.14 bits per heavy atom. The highest BCUT2D eigenvalue weighted by Gasteiger charge is 2.36. The van der Waals surface area contributed by atoms with E-state index in [0.29, 0.717) is 5.69 Å². The third kappa shape index (κ3) is 4.21. The summed E-state index contributed by atoms with van der Waals surface area (Å²) in [6.07, 6.45) is 1.59. The minimum absolute atomic E-state index is 0.0150. The summed E-state index contributed by atoms with van der Waals surface area (Å²) in [7, 11) is 0. The molecule has 4 rings (SSSR count). The van der Waals surface area contributed by atoms with Crippen LogP contribution in [-0.4, -0.2) is 38.1 Å². The Kier molecular flexibility index (Phi) is 6.95. The van der Waals surface area contributed by atoms with Gasteiger partial charge in [-0.1, -0.05) is 31.0 Å². The molecule has 2 heterocycles. The van der Waals surface area contributed by atoms with Crippen molar-refractivity contribution in [2.45, 2.75) is 52.8 Å². The van der Waals surface area contributed by atoms with Crippen molar-refractivity contribution in [1.82, 2.24) is 14.3 Å². The molecule has 0 aliphatic carbocycles. The van der Waals surface area contributed by atoms with E-state index >= 15 is 4.39 Å². The summed E-state index contributed by atoms with van der Waals surface area (Å²) in [5, 5.41) is 13.7. The van der Waals surface area contributed by atoms with Crippen molar-refractivity contribution in [2.24, 2.45) is 0 Å². The summed E-state index contributed by atoms with van der Waals surface area (Å²) in [4.78, 5) is 29.4. The normalized spacial score (nSPS) is 14.4. The summed E-state index contributed by atoms with van der Waals surface area (Å²) in [6.45, 7) is 5.43. The van der Waals surface area contributed by atoms with Crippen LogP contribution in [-0.2, 0) is 13.2 Å². The zero-order chi connectivity index (χ0) is 25.4. The van der Waals surface area contributed by atoms with Gasteiger partial charge in [0.1, 0.15) is 29.6 Å². The van der Waals surface area contributed by atoms with Crippen molar-refractivity contribution >= 4 is 28.9 Å². The molecule has 0 fully saturated rings. The molecule has 186 valence electrons. The highest BCUT2D eigenvalue weighted by molar-refractivity contribution is 6.34. The van der Waals surface area contributed by atoms with Gasteiger partial charge in [-0.15, -0.1) is 5.10 Å². The van der Waals surface area contributed by atoms with Gasteiger partial charge in [0, 0.05) is 12.6 Å². The number of aliphatic hydroxyl groups is 1. The number of aliphatic hydroxyl groups excluding tert-OH is 1. The Morgan fingerprint density at radius 3 is 2.49 bits per heavy atom. The molecule has 8 nitrogen and oxygen atoms in total. The van der Waals surface area contributed by atoms with E-state index in [9.17, 15) is 19.1 Å². The number of carbonyl (C=O) groups is 1. The third-order valence-electron chi connectivity index (χ3n) is 6.21. The first-order valence-corrected chi connectivity index (χ1v) is 11.8. The molecule has 3 aromatic rings. The standard InChI is InChI=1S/C24H26ClF2N5O3/c1-4-7-14(3)30-13-31(22-16(25)8-6-9-17(22)26)23(34)15-10-18(27)20(11-19(15)30)32-24(35)29(5-2)21(12-33)28-32/h6,8-11,14,33H,4-5,7,12-13H2,1-3H3. The summed E-state index contributed by atoms with van der Waals surface area (Å²) in [6, 6.07) is 6.49. The number of carbonyl (C=O) groups excluding carboxylic acids is 1. The van der Waals surface area contributed by atoms with Gasteiger partial charge in [-0.2, -0.15) is 4.68 Å². The molecule has 0 bridgehead atoms. The smallest absolute Gasteiger partial charge is 0.350 e. The summed E-state index contributed by atoms with van der Waals surface area (Å²) < 4.78 is 32.2. The van der Waals surface area contributed by atoms with Crippen molar-refractivity contribution in [3.05, 3.63) is 68.9 Å². The van der Waals surface area contributed by atoms with Crippen molar-refractivity contribution in [1.29, 1.82) is 0 Å². The topological polar surface area (TPSA) is 83.6 Å². The van der Waals surface area contributed by atoms with Crippen LogP contribution in [0.25, 0.3) is 5.69 Å². The molecule has 0 saturated carbocycles. The van der Waals surface area contributed by atoms with E-state index in [2.05, 4.69) is 5.10 Å². The molecule has 1 N–H and O–H groups in total. The van der Waals surface area contributed by atoms with E-state index in [4.69, 9.17) is 11.6 Å². The SMILES string of the molecule is CCCC(C)N1CN(c2c(F)cccc2Cl)C(=O)c2cc(F)c(-n3nc(CO)n(CC)c3=O)cc21. The maximum Gasteiger partial charge on any atom is 0.350 e. The number of hydrogen-bond acceptors (Lipinski definition) is 5. The predicted octanol–water partition coefficient (Wildman–Crippen LogP) is 4.09. The van der Waals surface area contributed by atoms with Gasteiger partial charge < -0.3 is 10.0 Å². The van der Waals surface area contributed by atoms with Crippen LogP contribution in [0, 0.1) is 11.6 Å². The molecule has 0 radical (unpaired) electrons. The fourth-order valence-electron chi connectivity index (χ4n) is 4.46. The number of rotatable bonds is 7. The van der Waals surface area contributed by atoms with Crippen LogP contribution in [0.4, 0.5) is 20.2 Å². The fraction of sp³-hybridized carbons (Fsp3) is 0.375. The van der Waals surface area contributed by atoms with Crippen LogP contribution in [0.5, 0.6) is 0 Å². The third-order valence-corrected chi connectivity index (χ3v) is 6.52. The highest BCUT2D eigenvalue weighted by Crippen LogP contribution is 2.38. The van der Waals surface area contributed by atoms with Crippen LogP contribution in [0.15, 0.2) is 35.1 Å². The average Bonchev–Trinajstić information content (AvgIpc) is 3.15. The van der Waals surface area contributed by atoms with E-state index in [-0.39, 0.29) is 47.0 Å². The molecule has 1 aromatic heterocycles. The molecule has 11 heteroatoms. The number of nitrogens with zero attached hydrogens (tertiary/aromatic N) is 5. The number of amides is 1. The average molecular weight is 506 g/mol. The molecule has 1 aliphatic rings. The van der Waals surface area contributed by atoms with Gasteiger partial charge >= 0.3 is 5.69 Å². The molecule has 0 saturated heterocycles. The molecular formula is C24H26ClF2N5O3. The monoisotopic (exact) mass is 505 g/mol. The summed E-state index contributed by atoms with van der Waals surface area (Å²) in [5.74, 6) is -2.03. The first kappa shape index (κ1) is 24.9. The lowest BCUT2D eigenvalue weighted by atomic mass is 10.0. The van der Waals surface area contributed by atoms with E-state index in [0.717, 1.165) is 23.6 Å². The number of fused-ring (bicyclic) bond motifs is 1. The van der Waals surface area contributed by atoms with Gasteiger partial charge in [-0.3, -0.25) is 14.3 Å². The fourth-order valence-corrected chi connectivity index (χ4v) is 4.72. The van der Waals surface area contributed by atoms with Gasteiger partial charge in [-0.05, 0) is 44.5 Å². The largest absolute Gasteiger partial charge is 0.388 e. The number of anilines is 2.